The van der Waals surface area contributed by atoms with Crippen LogP contribution in [-0.4, -0.2) is 17.9 Å². The number of hydrogen-bond donors (Lipinski definition) is 2. The average molecular weight is 446 g/mol. The molecule has 160 valence electrons. The Morgan fingerprint density at radius 1 is 1.09 bits per heavy atom. The molecule has 3 aromatic carbocycles. The lowest BCUT2D eigenvalue weighted by Crippen LogP contribution is -2.15. The number of carbonyl (C=O) groups is 1. The second-order valence-corrected chi connectivity index (χ2v) is 7.44. The van der Waals surface area contributed by atoms with Gasteiger partial charge in [-0.2, -0.15) is 5.26 Å². The van der Waals surface area contributed by atoms with E-state index in [0.29, 0.717) is 11.4 Å². The molecule has 8 nitrogen and oxygen atoms in total. The van der Waals surface area contributed by atoms with Crippen LogP contribution in [0, 0.1) is 21.4 Å². The first-order valence-corrected chi connectivity index (χ1v) is 10.2. The maximum atomic E-state index is 12.7. The topological polar surface area (TPSA) is 117 Å². The zero-order valence-corrected chi connectivity index (χ0v) is 17.8. The Labute approximate surface area is 188 Å². The molecule has 0 saturated heterocycles. The van der Waals surface area contributed by atoms with Gasteiger partial charge in [-0.3, -0.25) is 14.9 Å². The Morgan fingerprint density at radius 2 is 1.81 bits per heavy atom. The first-order valence-electron chi connectivity index (χ1n) is 9.34. The van der Waals surface area contributed by atoms with Gasteiger partial charge in [0.1, 0.15) is 17.4 Å². The number of carbonyl (C=O) groups excluding carboxylic acids is 1. The molecule has 0 unspecified atom stereocenters. The summed E-state index contributed by atoms with van der Waals surface area (Å²) in [6.45, 7) is 0. The van der Waals surface area contributed by atoms with Crippen molar-refractivity contribution >= 4 is 34.7 Å². The third-order valence-electron chi connectivity index (χ3n) is 4.24. The number of nitrogens with one attached hydrogen (secondary N) is 2. The smallest absolute Gasteiger partial charge is 0.271 e. The lowest BCUT2D eigenvalue weighted by Gasteiger charge is -2.11. The number of rotatable bonds is 8. The number of non-ortho nitro benzene ring substituents is 1. The molecule has 0 aromatic heterocycles. The summed E-state index contributed by atoms with van der Waals surface area (Å²) >= 11 is 1.48. The monoisotopic (exact) mass is 446 g/mol. The minimum atomic E-state index is -0.620. The summed E-state index contributed by atoms with van der Waals surface area (Å²) in [4.78, 5) is 25.0. The molecule has 3 rings (SSSR count). The third-order valence-corrected chi connectivity index (χ3v) is 5.32. The molecule has 1 amide bonds. The molecule has 0 spiro atoms. The molecule has 9 heteroatoms. The highest BCUT2D eigenvalue weighted by molar-refractivity contribution is 7.99. The Bertz CT molecular complexity index is 1210. The lowest BCUT2D eigenvalue weighted by atomic mass is 10.2. The number of benzene rings is 3. The van der Waals surface area contributed by atoms with Crippen LogP contribution in [-0.2, 0) is 4.79 Å². The van der Waals surface area contributed by atoms with E-state index in [0.717, 1.165) is 9.79 Å². The van der Waals surface area contributed by atoms with Crippen LogP contribution < -0.4 is 15.4 Å². The predicted molar refractivity (Wildman–Crippen MR) is 123 cm³/mol. The maximum absolute atomic E-state index is 12.7. The van der Waals surface area contributed by atoms with E-state index in [2.05, 4.69) is 10.6 Å². The minimum Gasteiger partial charge on any atom is -0.495 e. The van der Waals surface area contributed by atoms with Gasteiger partial charge in [-0.1, -0.05) is 42.1 Å². The van der Waals surface area contributed by atoms with E-state index in [1.165, 1.54) is 43.3 Å². The number of ether oxygens (including phenoxy) is 1. The fourth-order valence-electron chi connectivity index (χ4n) is 2.68. The van der Waals surface area contributed by atoms with Crippen molar-refractivity contribution in [2.24, 2.45) is 0 Å². The number of hydrogen-bond acceptors (Lipinski definition) is 7. The second kappa shape index (κ2) is 10.7. The van der Waals surface area contributed by atoms with E-state index in [-0.39, 0.29) is 16.9 Å². The first kappa shape index (κ1) is 22.4. The highest BCUT2D eigenvalue weighted by Gasteiger charge is 2.14. The molecule has 0 radical (unpaired) electrons. The molecule has 32 heavy (non-hydrogen) atoms. The number of nitro benzene ring substituents is 1. The third kappa shape index (κ3) is 5.65. The summed E-state index contributed by atoms with van der Waals surface area (Å²) < 4.78 is 5.17. The van der Waals surface area contributed by atoms with Gasteiger partial charge in [-0.25, -0.2) is 0 Å². The molecule has 0 aliphatic rings. The molecule has 3 aromatic rings. The Balaban J connectivity index is 1.79. The van der Waals surface area contributed by atoms with Crippen LogP contribution in [0.2, 0.25) is 0 Å². The largest absolute Gasteiger partial charge is 0.495 e. The van der Waals surface area contributed by atoms with E-state index in [9.17, 15) is 20.2 Å². The Morgan fingerprint density at radius 3 is 2.50 bits per heavy atom. The van der Waals surface area contributed by atoms with E-state index in [1.54, 1.807) is 12.1 Å². The summed E-state index contributed by atoms with van der Waals surface area (Å²) in [5.74, 6) is -0.292. The minimum absolute atomic E-state index is 0.156. The van der Waals surface area contributed by atoms with Gasteiger partial charge in [0, 0.05) is 28.1 Å². The van der Waals surface area contributed by atoms with E-state index >= 15 is 0 Å². The van der Waals surface area contributed by atoms with E-state index in [1.807, 2.05) is 48.5 Å². The van der Waals surface area contributed by atoms with Gasteiger partial charge < -0.3 is 15.4 Å². The average Bonchev–Trinajstić information content (AvgIpc) is 2.81. The number of methoxy groups -OCH3 is 1. The Hall–Kier alpha value is -4.29. The molecule has 0 fully saturated rings. The highest BCUT2D eigenvalue weighted by Crippen LogP contribution is 2.33. The summed E-state index contributed by atoms with van der Waals surface area (Å²) in [5, 5.41) is 26.0. The fraction of sp³-hybridized carbons (Fsp3) is 0.0435. The zero-order valence-electron chi connectivity index (χ0n) is 16.9. The first-order chi connectivity index (χ1) is 15.5. The molecule has 0 aliphatic heterocycles. The number of para-hydroxylation sites is 1. The van der Waals surface area contributed by atoms with E-state index in [4.69, 9.17) is 4.74 Å². The summed E-state index contributed by atoms with van der Waals surface area (Å²) in [6.07, 6.45) is 1.18. The van der Waals surface area contributed by atoms with Crippen LogP contribution in [0.4, 0.5) is 17.1 Å². The standard InChI is InChI=1S/C23H18N4O4S/c1-31-21-12-11-17(27(29)30)13-20(21)25-15-16(14-24)23(28)26-19-9-5-6-10-22(19)32-18-7-3-2-4-8-18/h2-13,15,25H,1H3,(H,26,28)/b16-15-. The molecule has 0 atom stereocenters. The van der Waals surface area contributed by atoms with Crippen LogP contribution in [0.25, 0.3) is 0 Å². The molecular formula is C23H18N4O4S. The van der Waals surface area contributed by atoms with Crippen LogP contribution in [0.15, 0.2) is 94.4 Å². The molecule has 2 N–H and O–H groups in total. The quantitative estimate of drug-likeness (QED) is 0.211. The van der Waals surface area contributed by atoms with Gasteiger partial charge in [0.05, 0.1) is 23.4 Å². The molecular weight excluding hydrogens is 428 g/mol. The number of amides is 1. The van der Waals surface area contributed by atoms with Crippen molar-refractivity contribution in [2.45, 2.75) is 9.79 Å². The zero-order chi connectivity index (χ0) is 22.9. The SMILES string of the molecule is COc1ccc([N+](=O)[O-])cc1N/C=C(/C#N)C(=O)Nc1ccccc1Sc1ccccc1. The van der Waals surface area contributed by atoms with Crippen molar-refractivity contribution in [1.29, 1.82) is 5.26 Å². The number of anilines is 2. The van der Waals surface area contributed by atoms with Gasteiger partial charge in [0.2, 0.25) is 0 Å². The van der Waals surface area contributed by atoms with Crippen molar-refractivity contribution in [2.75, 3.05) is 17.7 Å². The van der Waals surface area contributed by atoms with Crippen molar-refractivity contribution in [3.63, 3.8) is 0 Å². The fourth-order valence-corrected chi connectivity index (χ4v) is 3.61. The van der Waals surface area contributed by atoms with Crippen molar-refractivity contribution < 1.29 is 14.5 Å². The van der Waals surface area contributed by atoms with Gasteiger partial charge >= 0.3 is 0 Å². The van der Waals surface area contributed by atoms with Gasteiger partial charge in [-0.15, -0.1) is 0 Å². The highest BCUT2D eigenvalue weighted by atomic mass is 32.2. The second-order valence-electron chi connectivity index (χ2n) is 6.32. The van der Waals surface area contributed by atoms with E-state index < -0.39 is 10.8 Å². The van der Waals surface area contributed by atoms with Crippen molar-refractivity contribution in [3.8, 4) is 11.8 Å². The molecule has 0 aliphatic carbocycles. The lowest BCUT2D eigenvalue weighted by molar-refractivity contribution is -0.384. The van der Waals surface area contributed by atoms with Crippen LogP contribution in [0.1, 0.15) is 0 Å². The number of nitriles is 1. The molecule has 0 heterocycles. The summed E-state index contributed by atoms with van der Waals surface area (Å²) in [7, 11) is 1.41. The van der Waals surface area contributed by atoms with Crippen molar-refractivity contribution in [3.05, 3.63) is 94.7 Å². The molecule has 0 saturated carbocycles. The number of nitro groups is 1. The summed E-state index contributed by atoms with van der Waals surface area (Å²) in [5.41, 5.74) is 0.442. The normalized spacial score (nSPS) is 10.7. The van der Waals surface area contributed by atoms with Gasteiger partial charge in [-0.05, 0) is 30.3 Å². The Kier molecular flexibility index (Phi) is 7.46. The van der Waals surface area contributed by atoms with Gasteiger partial charge in [0.25, 0.3) is 11.6 Å². The van der Waals surface area contributed by atoms with Crippen molar-refractivity contribution in [1.82, 2.24) is 0 Å². The van der Waals surface area contributed by atoms with Crippen LogP contribution >= 0.6 is 11.8 Å². The summed E-state index contributed by atoms with van der Waals surface area (Å²) in [6, 6.07) is 22.8. The maximum Gasteiger partial charge on any atom is 0.271 e. The van der Waals surface area contributed by atoms with Crippen LogP contribution in [0.5, 0.6) is 5.75 Å². The van der Waals surface area contributed by atoms with Gasteiger partial charge in [0.15, 0.2) is 0 Å². The number of nitrogens with zero attached hydrogens (tertiary/aromatic N) is 2. The van der Waals surface area contributed by atoms with Crippen LogP contribution in [0.3, 0.4) is 0 Å². The molecule has 0 bridgehead atoms. The predicted octanol–water partition coefficient (Wildman–Crippen LogP) is 5.21.